The van der Waals surface area contributed by atoms with E-state index in [-0.39, 0.29) is 48.1 Å². The highest BCUT2D eigenvalue weighted by molar-refractivity contribution is 5.96. The monoisotopic (exact) mass is 776 g/mol. The normalized spacial score (nSPS) is 51.8. The molecule has 13 nitrogen and oxygen atoms in total. The number of aliphatic hydroxyl groups is 2. The van der Waals surface area contributed by atoms with E-state index in [1.54, 1.807) is 20.1 Å². The van der Waals surface area contributed by atoms with Gasteiger partial charge < -0.3 is 57.6 Å². The van der Waals surface area contributed by atoms with E-state index >= 15 is 0 Å². The number of hydrogen-bond donors (Lipinski definition) is 2. The zero-order chi connectivity index (χ0) is 39.1. The van der Waals surface area contributed by atoms with Gasteiger partial charge in [-0.25, -0.2) is 0 Å². The lowest BCUT2D eigenvalue weighted by Gasteiger charge is -2.59. The Morgan fingerprint density at radius 3 is 2.53 bits per heavy atom. The van der Waals surface area contributed by atoms with Gasteiger partial charge in [0.05, 0.1) is 61.9 Å². The first-order valence-corrected chi connectivity index (χ1v) is 20.8. The van der Waals surface area contributed by atoms with Gasteiger partial charge in [0.2, 0.25) is 6.29 Å². The van der Waals surface area contributed by atoms with Crippen molar-refractivity contribution >= 4 is 5.78 Å². The fourth-order valence-corrected chi connectivity index (χ4v) is 12.3. The lowest BCUT2D eigenvalue weighted by Crippen LogP contribution is -2.61. The fraction of sp³-hybridized carbons (Fsp3) is 0.881. The summed E-state index contributed by atoms with van der Waals surface area (Å²) in [4.78, 5) is 12.9. The van der Waals surface area contributed by atoms with Gasteiger partial charge >= 0.3 is 0 Å². The Bertz CT molecular complexity index is 1500. The third-order valence-corrected chi connectivity index (χ3v) is 15.5. The highest BCUT2D eigenvalue weighted by Crippen LogP contribution is 2.68. The molecule has 2 N–H and O–H groups in total. The number of allylic oxidation sites excluding steroid dienone is 1. The van der Waals surface area contributed by atoms with Crippen LogP contribution < -0.4 is 0 Å². The minimum atomic E-state index is -1.42. The van der Waals surface area contributed by atoms with Crippen LogP contribution in [0.4, 0.5) is 0 Å². The predicted molar refractivity (Wildman–Crippen MR) is 196 cm³/mol. The number of rotatable bonds is 7. The van der Waals surface area contributed by atoms with Crippen LogP contribution in [-0.4, -0.2) is 116 Å². The average Bonchev–Trinajstić information content (AvgIpc) is 3.31. The summed E-state index contributed by atoms with van der Waals surface area (Å²) < 4.78 is 61.0. The van der Waals surface area contributed by atoms with Crippen LogP contribution in [0.25, 0.3) is 0 Å². The van der Waals surface area contributed by atoms with Gasteiger partial charge in [-0.15, -0.1) is 0 Å². The third kappa shape index (κ3) is 6.79. The van der Waals surface area contributed by atoms with Crippen molar-refractivity contribution in [2.75, 3.05) is 21.0 Å². The van der Waals surface area contributed by atoms with Crippen molar-refractivity contribution in [2.24, 2.45) is 28.6 Å². The van der Waals surface area contributed by atoms with Gasteiger partial charge in [0.25, 0.3) is 11.8 Å². The molecular formula is C42H64O13. The highest BCUT2D eigenvalue weighted by Gasteiger charge is 2.66. The molecule has 0 bridgehead atoms. The van der Waals surface area contributed by atoms with Crippen molar-refractivity contribution in [1.29, 1.82) is 0 Å². The fourth-order valence-electron chi connectivity index (χ4n) is 12.3. The van der Waals surface area contributed by atoms with Gasteiger partial charge in [-0.2, -0.15) is 0 Å². The SMILES string of the molecule is COC1=C[C@@H](C)OC(O[C@H]2CC[C@@]3(C)C(=CC[C@@H]4[C@@H]3CC[C@@]3(C)[C@H]4CC[C@]3(O)[C@H](C)O[C@H]3C[C@H]4OCO[C@@]5(C[C@@H](OC)[C@H](O)[C@@H](C)O5)O[C@@H]4[C@@H](C)O3)C2)C1=O. The summed E-state index contributed by atoms with van der Waals surface area (Å²) >= 11 is 0. The molecule has 4 aliphatic heterocycles. The van der Waals surface area contributed by atoms with E-state index in [1.807, 2.05) is 20.8 Å². The van der Waals surface area contributed by atoms with E-state index in [0.29, 0.717) is 36.4 Å². The number of ketones is 1. The lowest BCUT2D eigenvalue weighted by atomic mass is 9.46. The molecule has 6 fully saturated rings. The van der Waals surface area contributed by atoms with E-state index in [0.717, 1.165) is 44.9 Å². The number of Topliss-reactive ketones (excluding diaryl/α,β-unsaturated/α-hetero) is 1. The highest BCUT2D eigenvalue weighted by atomic mass is 16.9. The second-order valence-electron chi connectivity index (χ2n) is 18.3. The number of fused-ring (bicyclic) bond motifs is 6. The zero-order valence-corrected chi connectivity index (χ0v) is 33.9. The smallest absolute Gasteiger partial charge is 0.288 e. The van der Waals surface area contributed by atoms with E-state index < -0.39 is 60.8 Å². The van der Waals surface area contributed by atoms with E-state index in [2.05, 4.69) is 19.9 Å². The number of aliphatic hydroxyl groups excluding tert-OH is 1. The summed E-state index contributed by atoms with van der Waals surface area (Å²) in [7, 11) is 3.06. The Morgan fingerprint density at radius 1 is 0.982 bits per heavy atom. The molecule has 4 aliphatic carbocycles. The number of carbonyl (C=O) groups excluding carboxylic acids is 1. The largest absolute Gasteiger partial charge is 0.493 e. The molecule has 55 heavy (non-hydrogen) atoms. The molecule has 3 saturated carbocycles. The minimum Gasteiger partial charge on any atom is -0.493 e. The second-order valence-corrected chi connectivity index (χ2v) is 18.3. The van der Waals surface area contributed by atoms with Gasteiger partial charge in [0.15, 0.2) is 18.8 Å². The van der Waals surface area contributed by atoms with E-state index in [4.69, 9.17) is 47.4 Å². The molecule has 8 rings (SSSR count). The molecule has 1 unspecified atom stereocenters. The van der Waals surface area contributed by atoms with Gasteiger partial charge in [-0.3, -0.25) is 4.79 Å². The molecule has 0 amide bonds. The van der Waals surface area contributed by atoms with Crippen molar-refractivity contribution in [3.63, 3.8) is 0 Å². The molecule has 0 radical (unpaired) electrons. The number of hydrogen-bond acceptors (Lipinski definition) is 13. The van der Waals surface area contributed by atoms with Gasteiger partial charge in [0.1, 0.15) is 12.2 Å². The Hall–Kier alpha value is -1.49. The molecule has 18 atom stereocenters. The molecule has 3 saturated heterocycles. The van der Waals surface area contributed by atoms with Crippen LogP contribution in [-0.2, 0) is 52.2 Å². The number of carbonyl (C=O) groups is 1. The molecular weight excluding hydrogens is 712 g/mol. The maximum Gasteiger partial charge on any atom is 0.288 e. The average molecular weight is 777 g/mol. The van der Waals surface area contributed by atoms with Gasteiger partial charge in [-0.05, 0) is 108 Å². The van der Waals surface area contributed by atoms with Crippen molar-refractivity contribution in [3.05, 3.63) is 23.5 Å². The molecule has 4 heterocycles. The van der Waals surface area contributed by atoms with Crippen LogP contribution >= 0.6 is 0 Å². The van der Waals surface area contributed by atoms with Crippen LogP contribution in [0.1, 0.15) is 106 Å². The Kier molecular flexibility index (Phi) is 11.0. The molecule has 13 heteroatoms. The molecule has 0 aromatic heterocycles. The summed E-state index contributed by atoms with van der Waals surface area (Å²) in [6.07, 6.45) is 6.51. The topological polar surface area (TPSA) is 150 Å². The van der Waals surface area contributed by atoms with Crippen molar-refractivity contribution in [3.8, 4) is 0 Å². The van der Waals surface area contributed by atoms with Crippen molar-refractivity contribution < 1.29 is 62.4 Å². The van der Waals surface area contributed by atoms with Crippen molar-refractivity contribution in [2.45, 2.75) is 185 Å². The molecule has 0 aromatic carbocycles. The first kappa shape index (κ1) is 40.3. The maximum atomic E-state index is 12.9. The van der Waals surface area contributed by atoms with E-state index in [9.17, 15) is 15.0 Å². The summed E-state index contributed by atoms with van der Waals surface area (Å²) in [6.45, 7) is 12.3. The summed E-state index contributed by atoms with van der Waals surface area (Å²) in [5, 5.41) is 23.3. The molecule has 310 valence electrons. The lowest BCUT2D eigenvalue weighted by molar-refractivity contribution is -0.441. The third-order valence-electron chi connectivity index (χ3n) is 15.5. The van der Waals surface area contributed by atoms with Gasteiger partial charge in [0, 0.05) is 18.9 Å². The quantitative estimate of drug-likeness (QED) is 0.333. The van der Waals surface area contributed by atoms with Crippen molar-refractivity contribution in [1.82, 2.24) is 0 Å². The Morgan fingerprint density at radius 2 is 1.76 bits per heavy atom. The summed E-state index contributed by atoms with van der Waals surface area (Å²) in [5.41, 5.74) is 0.185. The summed E-state index contributed by atoms with van der Waals surface area (Å²) in [6, 6.07) is 0. The van der Waals surface area contributed by atoms with Crippen LogP contribution in [0, 0.1) is 28.6 Å². The Balaban J connectivity index is 0.908. The standard InChI is InChI=1S/C42H64O13/c1-22-17-31(46-7)36(44)38(50-22)53-27-11-14-39(5)26(18-27)9-10-28-29(39)12-15-40(6)30(28)13-16-41(40,45)25(4)52-34-19-32-37(24(3)51-34)55-42(49-21-48-32)20-33(47-8)35(43)23(2)54-42/h9,17,22-25,27-30,32-35,37-38,43,45H,10-16,18-21H2,1-8H3/t22-,23-,24-,25+,27+,28-,29+,30+,32-,33-,34+,35-,37-,38?,39+,40+,41+,42-/m1/s1. The second kappa shape index (κ2) is 15.0. The predicted octanol–water partition coefficient (Wildman–Crippen LogP) is 5.05. The van der Waals surface area contributed by atoms with Crippen LogP contribution in [0.5, 0.6) is 0 Å². The molecule has 1 spiro atoms. The first-order valence-electron chi connectivity index (χ1n) is 20.8. The van der Waals surface area contributed by atoms with Crippen LogP contribution in [0.3, 0.4) is 0 Å². The first-order chi connectivity index (χ1) is 26.1. The minimum absolute atomic E-state index is 0.0505. The number of ether oxygens (including phenoxy) is 10. The maximum absolute atomic E-state index is 12.9. The summed E-state index contributed by atoms with van der Waals surface area (Å²) in [5.74, 6) is 0.00409. The number of methoxy groups -OCH3 is 2. The van der Waals surface area contributed by atoms with E-state index in [1.165, 1.54) is 12.7 Å². The molecule has 0 aromatic rings. The van der Waals surface area contributed by atoms with Crippen LogP contribution in [0.15, 0.2) is 23.5 Å². The van der Waals surface area contributed by atoms with Crippen LogP contribution in [0.2, 0.25) is 0 Å². The van der Waals surface area contributed by atoms with Gasteiger partial charge in [-0.1, -0.05) is 25.5 Å². The Labute approximate surface area is 325 Å². The zero-order valence-electron chi connectivity index (χ0n) is 33.9. The molecule has 8 aliphatic rings.